The van der Waals surface area contributed by atoms with Gasteiger partial charge in [0.25, 0.3) is 0 Å². The van der Waals surface area contributed by atoms with Gasteiger partial charge in [-0.3, -0.25) is 4.79 Å². The molecule has 0 bridgehead atoms. The topological polar surface area (TPSA) is 41.6 Å². The van der Waals surface area contributed by atoms with Gasteiger partial charge >= 0.3 is 12.2 Å². The van der Waals surface area contributed by atoms with Crippen molar-refractivity contribution in [3.8, 4) is 16.9 Å². The number of carbonyl (C=O) groups excluding carboxylic acids is 1. The lowest BCUT2D eigenvalue weighted by Gasteiger charge is -2.24. The van der Waals surface area contributed by atoms with E-state index in [0.29, 0.717) is 22.3 Å². The first-order valence-corrected chi connectivity index (χ1v) is 9.14. The molecule has 0 radical (unpaired) electrons. The van der Waals surface area contributed by atoms with Crippen molar-refractivity contribution in [1.82, 2.24) is 10.1 Å². The SMILES string of the molecule is BN1C(=O)NCC1c1cc(C(F)(F)F)ccc1-c1cc(C(C)C)c(F)cc1OC. The van der Waals surface area contributed by atoms with E-state index in [-0.39, 0.29) is 24.2 Å². The molecule has 9 heteroatoms. The molecule has 1 N–H and O–H groups in total. The zero-order valence-electron chi connectivity index (χ0n) is 16.5. The average molecular weight is 408 g/mol. The number of carbonyl (C=O) groups is 1. The van der Waals surface area contributed by atoms with Gasteiger partial charge in [-0.25, -0.2) is 4.39 Å². The van der Waals surface area contributed by atoms with Crippen LogP contribution in [-0.2, 0) is 6.18 Å². The van der Waals surface area contributed by atoms with Crippen molar-refractivity contribution in [2.24, 2.45) is 0 Å². The van der Waals surface area contributed by atoms with Gasteiger partial charge in [0.05, 0.1) is 18.7 Å². The predicted octanol–water partition coefficient (Wildman–Crippen LogP) is 4.26. The highest BCUT2D eigenvalue weighted by molar-refractivity contribution is 6.15. The molecular formula is C20H21BF4N2O2. The van der Waals surface area contributed by atoms with Crippen LogP contribution in [0, 0.1) is 5.82 Å². The van der Waals surface area contributed by atoms with Gasteiger partial charge in [0.1, 0.15) is 11.6 Å². The largest absolute Gasteiger partial charge is 0.496 e. The molecule has 1 unspecified atom stereocenters. The number of amides is 2. The lowest BCUT2D eigenvalue weighted by molar-refractivity contribution is -0.137. The van der Waals surface area contributed by atoms with Crippen molar-refractivity contribution >= 4 is 14.0 Å². The molecule has 1 saturated heterocycles. The van der Waals surface area contributed by atoms with Crippen LogP contribution >= 0.6 is 0 Å². The second kappa shape index (κ2) is 7.61. The Morgan fingerprint density at radius 3 is 2.41 bits per heavy atom. The monoisotopic (exact) mass is 408 g/mol. The minimum atomic E-state index is -4.53. The summed E-state index contributed by atoms with van der Waals surface area (Å²) in [5.74, 6) is -0.355. The number of alkyl halides is 3. The molecule has 2 aromatic rings. The van der Waals surface area contributed by atoms with E-state index in [2.05, 4.69) is 5.32 Å². The number of benzene rings is 2. The van der Waals surface area contributed by atoms with Crippen molar-refractivity contribution in [1.29, 1.82) is 0 Å². The third-order valence-corrected chi connectivity index (χ3v) is 5.20. The van der Waals surface area contributed by atoms with Crippen LogP contribution in [0.2, 0.25) is 0 Å². The normalized spacial score (nSPS) is 17.0. The smallest absolute Gasteiger partial charge is 0.416 e. The maximum Gasteiger partial charge on any atom is 0.416 e. The highest BCUT2D eigenvalue weighted by Crippen LogP contribution is 2.42. The van der Waals surface area contributed by atoms with Crippen LogP contribution in [0.15, 0.2) is 30.3 Å². The molecule has 2 aromatic carbocycles. The summed E-state index contributed by atoms with van der Waals surface area (Å²) in [5.41, 5.74) is 0.884. The Morgan fingerprint density at radius 1 is 1.21 bits per heavy atom. The molecule has 2 amide bonds. The molecule has 1 fully saturated rings. The molecule has 0 spiro atoms. The molecule has 1 aliphatic heterocycles. The van der Waals surface area contributed by atoms with E-state index in [0.717, 1.165) is 12.1 Å². The summed E-state index contributed by atoms with van der Waals surface area (Å²) in [6.45, 7) is 3.83. The maximum absolute atomic E-state index is 14.4. The standard InChI is InChI=1S/C20H21BF4N2O2/c1-10(2)13-7-15(18(29-3)8-16(13)22)12-5-4-11(20(23,24)25)6-14(12)17-9-26-19(28)27(17)21/h4-8,10,17H,9,21H2,1-3H3,(H,26,28). The zero-order valence-corrected chi connectivity index (χ0v) is 16.5. The van der Waals surface area contributed by atoms with Crippen molar-refractivity contribution in [2.75, 3.05) is 13.7 Å². The summed E-state index contributed by atoms with van der Waals surface area (Å²) in [4.78, 5) is 13.3. The first kappa shape index (κ1) is 21.0. The van der Waals surface area contributed by atoms with E-state index in [1.807, 2.05) is 13.8 Å². The Morgan fingerprint density at radius 2 is 1.90 bits per heavy atom. The molecule has 1 aliphatic rings. The highest BCUT2D eigenvalue weighted by atomic mass is 19.4. The fourth-order valence-corrected chi connectivity index (χ4v) is 3.56. The van der Waals surface area contributed by atoms with Crippen LogP contribution in [0.3, 0.4) is 0 Å². The highest BCUT2D eigenvalue weighted by Gasteiger charge is 2.35. The minimum absolute atomic E-state index is 0.130. The Bertz CT molecular complexity index is 947. The lowest BCUT2D eigenvalue weighted by atomic mass is 9.89. The number of hydrogen-bond acceptors (Lipinski definition) is 2. The van der Waals surface area contributed by atoms with Gasteiger partial charge < -0.3 is 14.9 Å². The Hall–Kier alpha value is -2.71. The van der Waals surface area contributed by atoms with E-state index >= 15 is 0 Å². The van der Waals surface area contributed by atoms with Crippen LogP contribution in [0.4, 0.5) is 22.4 Å². The van der Waals surface area contributed by atoms with E-state index < -0.39 is 23.6 Å². The number of hydrogen-bond donors (Lipinski definition) is 1. The van der Waals surface area contributed by atoms with Gasteiger partial charge in [-0.2, -0.15) is 13.2 Å². The van der Waals surface area contributed by atoms with E-state index in [1.165, 1.54) is 32.0 Å². The first-order valence-electron chi connectivity index (χ1n) is 9.14. The second-order valence-corrected chi connectivity index (χ2v) is 7.34. The van der Waals surface area contributed by atoms with E-state index in [9.17, 15) is 22.4 Å². The Labute approximate surface area is 167 Å². The van der Waals surface area contributed by atoms with E-state index in [4.69, 9.17) is 4.74 Å². The molecule has 1 heterocycles. The van der Waals surface area contributed by atoms with Crippen molar-refractivity contribution in [3.05, 3.63) is 52.8 Å². The number of ether oxygens (including phenoxy) is 1. The van der Waals surface area contributed by atoms with Crippen LogP contribution in [0.5, 0.6) is 5.75 Å². The fourth-order valence-electron chi connectivity index (χ4n) is 3.56. The van der Waals surface area contributed by atoms with E-state index in [1.54, 1.807) is 6.07 Å². The third-order valence-electron chi connectivity index (χ3n) is 5.20. The lowest BCUT2D eigenvalue weighted by Crippen LogP contribution is -2.27. The van der Waals surface area contributed by atoms with Gasteiger partial charge in [0, 0.05) is 18.2 Å². The first-order chi connectivity index (χ1) is 13.5. The van der Waals surface area contributed by atoms with Gasteiger partial charge in [-0.1, -0.05) is 19.9 Å². The molecule has 3 rings (SSSR count). The summed E-state index contributed by atoms with van der Waals surface area (Å²) in [6.07, 6.45) is -4.53. The number of methoxy groups -OCH3 is 1. The molecule has 154 valence electrons. The number of nitrogens with one attached hydrogen (secondary N) is 1. The molecule has 4 nitrogen and oxygen atoms in total. The summed E-state index contributed by atoms with van der Waals surface area (Å²) in [5, 5.41) is 2.64. The summed E-state index contributed by atoms with van der Waals surface area (Å²) in [7, 11) is 2.91. The number of urea groups is 1. The molecular weight excluding hydrogens is 387 g/mol. The number of nitrogens with zero attached hydrogens (tertiary/aromatic N) is 1. The minimum Gasteiger partial charge on any atom is -0.496 e. The molecule has 0 aromatic heterocycles. The average Bonchev–Trinajstić information content (AvgIpc) is 2.98. The van der Waals surface area contributed by atoms with Crippen LogP contribution in [0.1, 0.15) is 42.5 Å². The van der Waals surface area contributed by atoms with Crippen molar-refractivity contribution in [2.45, 2.75) is 32.0 Å². The zero-order chi connectivity index (χ0) is 21.5. The summed E-state index contributed by atoms with van der Waals surface area (Å²) in [6, 6.07) is 5.28. The van der Waals surface area contributed by atoms with Crippen molar-refractivity contribution in [3.63, 3.8) is 0 Å². The summed E-state index contributed by atoms with van der Waals surface area (Å²) < 4.78 is 59.8. The van der Waals surface area contributed by atoms with Crippen LogP contribution in [-0.4, -0.2) is 32.5 Å². The van der Waals surface area contributed by atoms with Gasteiger partial charge in [0.2, 0.25) is 7.98 Å². The predicted molar refractivity (Wildman–Crippen MR) is 104 cm³/mol. The second-order valence-electron chi connectivity index (χ2n) is 7.34. The molecule has 29 heavy (non-hydrogen) atoms. The Balaban J connectivity index is 2.27. The molecule has 0 saturated carbocycles. The van der Waals surface area contributed by atoms with Gasteiger partial charge in [-0.15, -0.1) is 0 Å². The van der Waals surface area contributed by atoms with Crippen LogP contribution in [0.25, 0.3) is 11.1 Å². The fraction of sp³-hybridized carbons (Fsp3) is 0.350. The number of halogens is 4. The maximum atomic E-state index is 14.4. The number of rotatable bonds is 4. The van der Waals surface area contributed by atoms with Crippen molar-refractivity contribution < 1.29 is 27.1 Å². The molecule has 0 aliphatic carbocycles. The van der Waals surface area contributed by atoms with Gasteiger partial charge in [-0.05, 0) is 40.8 Å². The molecule has 1 atom stereocenters. The third kappa shape index (κ3) is 3.90. The van der Waals surface area contributed by atoms with Crippen LogP contribution < -0.4 is 10.1 Å². The van der Waals surface area contributed by atoms with Gasteiger partial charge in [0.15, 0.2) is 0 Å². The Kier molecular flexibility index (Phi) is 5.51. The quantitative estimate of drug-likeness (QED) is 0.607. The summed E-state index contributed by atoms with van der Waals surface area (Å²) >= 11 is 0.